The van der Waals surface area contributed by atoms with Crippen molar-refractivity contribution >= 4 is 5.97 Å². The topological polar surface area (TPSA) is 37.3 Å². The van der Waals surface area contributed by atoms with E-state index in [1.54, 1.807) is 7.96 Å². The maximum atomic E-state index is 9.00. The van der Waals surface area contributed by atoms with Gasteiger partial charge >= 0.3 is 46.0 Å². The Balaban J connectivity index is 0. The summed E-state index contributed by atoms with van der Waals surface area (Å²) in [4.78, 5) is 9.00. The van der Waals surface area contributed by atoms with E-state index in [0.717, 1.165) is 6.92 Å². The molecule has 0 aromatic rings. The Labute approximate surface area is 68.9 Å². The van der Waals surface area contributed by atoms with Crippen molar-refractivity contribution in [2.75, 3.05) is 0 Å². The number of carboxylic acid groups (broad SMARTS) is 1. The van der Waals surface area contributed by atoms with E-state index < -0.39 is 5.97 Å². The van der Waals surface area contributed by atoms with Gasteiger partial charge in [0.25, 0.3) is 5.97 Å². The fraction of sp³-hybridized carbons (Fsp3) is 0.833. The van der Waals surface area contributed by atoms with E-state index in [4.69, 9.17) is 9.90 Å². The quantitative estimate of drug-likeness (QED) is 0.737. The first-order valence-corrected chi connectivity index (χ1v) is 9.05. The first-order chi connectivity index (χ1) is 4.15. The second-order valence-electron chi connectivity index (χ2n) is 1.87. The second-order valence-corrected chi connectivity index (χ2v) is 9.60. The number of rotatable bonds is 2. The first kappa shape index (κ1) is 12.1. The van der Waals surface area contributed by atoms with E-state index >= 15 is 0 Å². The van der Waals surface area contributed by atoms with Gasteiger partial charge in [-0.3, -0.25) is 4.79 Å². The molecular weight excluding hydrogens is 216 g/mol. The van der Waals surface area contributed by atoms with E-state index in [1.165, 1.54) is 0 Å². The van der Waals surface area contributed by atoms with Crippen LogP contribution in [0.1, 0.15) is 20.8 Å². The normalized spacial score (nSPS) is 6.56. The molecule has 0 aliphatic rings. The molecule has 0 amide bonds. The van der Waals surface area contributed by atoms with Crippen molar-refractivity contribution in [3.63, 3.8) is 0 Å². The van der Waals surface area contributed by atoms with E-state index in [1.807, 2.05) is 0 Å². The van der Waals surface area contributed by atoms with Crippen LogP contribution in [0.4, 0.5) is 0 Å². The van der Waals surface area contributed by atoms with Crippen molar-refractivity contribution in [2.45, 2.75) is 28.7 Å². The molecule has 0 aromatic heterocycles. The molecule has 0 aliphatic carbocycles. The van der Waals surface area contributed by atoms with Crippen molar-refractivity contribution in [3.8, 4) is 0 Å². The minimum atomic E-state index is -0.833. The van der Waals surface area contributed by atoms with Gasteiger partial charge in [-0.2, -0.15) is 0 Å². The van der Waals surface area contributed by atoms with Crippen LogP contribution in [0.15, 0.2) is 0 Å². The monoisotopic (exact) mass is 232 g/mol. The molecule has 0 spiro atoms. The van der Waals surface area contributed by atoms with Gasteiger partial charge < -0.3 is 5.11 Å². The standard InChI is InChI=1S/C2H4O2.2C2H5.Cd/c1-2(3)4;2*1-2;/h1H3,(H,3,4);2*1H2,2H3;. The van der Waals surface area contributed by atoms with Crippen LogP contribution in [0.5, 0.6) is 0 Å². The second kappa shape index (κ2) is 11.2. The van der Waals surface area contributed by atoms with Gasteiger partial charge in [0.15, 0.2) is 0 Å². The van der Waals surface area contributed by atoms with Crippen LogP contribution in [-0.2, 0) is 29.0 Å². The van der Waals surface area contributed by atoms with Crippen LogP contribution < -0.4 is 0 Å². The van der Waals surface area contributed by atoms with Crippen LogP contribution in [0.3, 0.4) is 0 Å². The molecule has 0 radical (unpaired) electrons. The number of hydrogen-bond donors (Lipinski definition) is 1. The van der Waals surface area contributed by atoms with Crippen molar-refractivity contribution in [2.24, 2.45) is 0 Å². The SMILES string of the molecule is CC(=O)O.C[CH2][Cd][CH2]C. The summed E-state index contributed by atoms with van der Waals surface area (Å²) in [5, 5.41) is 7.42. The molecule has 0 saturated carbocycles. The number of aliphatic carboxylic acids is 1. The zero-order valence-corrected chi connectivity index (χ0v) is 10.5. The van der Waals surface area contributed by atoms with E-state index in [0.29, 0.717) is 0 Å². The van der Waals surface area contributed by atoms with Gasteiger partial charge in [-0.05, 0) is 0 Å². The van der Waals surface area contributed by atoms with Crippen molar-refractivity contribution < 1.29 is 34.1 Å². The summed E-state index contributed by atoms with van der Waals surface area (Å²) in [6, 6.07) is 0. The molecule has 0 unspecified atom stereocenters. The first-order valence-electron chi connectivity index (χ1n) is 3.34. The zero-order chi connectivity index (χ0) is 7.70. The molecule has 9 heavy (non-hydrogen) atoms. The third-order valence-corrected chi connectivity index (χ3v) is 4.74. The molecule has 0 fully saturated rings. The Hall–Kier alpha value is 0.392. The Morgan fingerprint density at radius 1 is 1.44 bits per heavy atom. The summed E-state index contributed by atoms with van der Waals surface area (Å²) >= 11 is -0.0578. The molecule has 0 aliphatic heterocycles. The summed E-state index contributed by atoms with van der Waals surface area (Å²) in [5.74, 6) is -0.833. The average Bonchev–Trinajstić information content (AvgIpc) is 1.66. The fourth-order valence-electron chi connectivity index (χ4n) is 0.354. The molecule has 0 bridgehead atoms. The minimum absolute atomic E-state index is 0.0578. The number of carbonyl (C=O) groups is 1. The molecule has 0 saturated heterocycles. The number of carboxylic acids is 1. The predicted octanol–water partition coefficient (Wildman–Crippen LogP) is 2.04. The maximum absolute atomic E-state index is 9.00. The van der Waals surface area contributed by atoms with E-state index in [-0.39, 0.29) is 24.2 Å². The molecule has 2 nitrogen and oxygen atoms in total. The zero-order valence-electron chi connectivity index (χ0n) is 6.48. The summed E-state index contributed by atoms with van der Waals surface area (Å²) in [5.41, 5.74) is 0. The van der Waals surface area contributed by atoms with E-state index in [2.05, 4.69) is 13.8 Å². The Morgan fingerprint density at radius 2 is 1.67 bits per heavy atom. The third-order valence-electron chi connectivity index (χ3n) is 0.707. The Bertz CT molecular complexity index is 58.1. The Kier molecular flexibility index (Phi) is 15.1. The summed E-state index contributed by atoms with van der Waals surface area (Å²) < 4.78 is 3.11. The molecular formula is C6H14CdO2. The number of hydrogen-bond acceptors (Lipinski definition) is 1. The summed E-state index contributed by atoms with van der Waals surface area (Å²) in [6.45, 7) is 5.69. The van der Waals surface area contributed by atoms with Crippen molar-refractivity contribution in [3.05, 3.63) is 0 Å². The van der Waals surface area contributed by atoms with Gasteiger partial charge in [-0.15, -0.1) is 0 Å². The van der Waals surface area contributed by atoms with Crippen LogP contribution in [-0.4, -0.2) is 11.1 Å². The van der Waals surface area contributed by atoms with Crippen LogP contribution in [0, 0.1) is 0 Å². The molecule has 0 rings (SSSR count). The molecule has 1 N–H and O–H groups in total. The van der Waals surface area contributed by atoms with Crippen LogP contribution in [0.2, 0.25) is 7.96 Å². The van der Waals surface area contributed by atoms with Gasteiger partial charge in [-0.25, -0.2) is 0 Å². The van der Waals surface area contributed by atoms with E-state index in [9.17, 15) is 0 Å². The third kappa shape index (κ3) is 59.9. The average molecular weight is 231 g/mol. The van der Waals surface area contributed by atoms with Crippen LogP contribution in [0.25, 0.3) is 0 Å². The molecule has 3 heteroatoms. The molecule has 0 aromatic carbocycles. The van der Waals surface area contributed by atoms with Gasteiger partial charge in [0.2, 0.25) is 0 Å². The van der Waals surface area contributed by atoms with Crippen molar-refractivity contribution in [1.82, 2.24) is 0 Å². The fourth-order valence-corrected chi connectivity index (χ4v) is 2.37. The van der Waals surface area contributed by atoms with Gasteiger partial charge in [0, 0.05) is 6.92 Å². The van der Waals surface area contributed by atoms with Gasteiger partial charge in [0.05, 0.1) is 0 Å². The van der Waals surface area contributed by atoms with Crippen LogP contribution >= 0.6 is 0 Å². The Morgan fingerprint density at radius 3 is 1.67 bits per heavy atom. The summed E-state index contributed by atoms with van der Waals surface area (Å²) in [7, 11) is 0. The van der Waals surface area contributed by atoms with Gasteiger partial charge in [-0.1, -0.05) is 0 Å². The van der Waals surface area contributed by atoms with Crippen molar-refractivity contribution in [1.29, 1.82) is 0 Å². The molecule has 0 heterocycles. The van der Waals surface area contributed by atoms with Gasteiger partial charge in [0.1, 0.15) is 0 Å². The summed E-state index contributed by atoms with van der Waals surface area (Å²) in [6.07, 6.45) is 0. The molecule has 52 valence electrons. The predicted molar refractivity (Wildman–Crippen MR) is 34.3 cm³/mol. The molecule has 0 atom stereocenters.